The number of amides is 3. The van der Waals surface area contributed by atoms with Crippen molar-refractivity contribution < 1.29 is 14.4 Å². The topological polar surface area (TPSA) is 93.8 Å². The summed E-state index contributed by atoms with van der Waals surface area (Å²) in [6.07, 6.45) is 6.55. The summed E-state index contributed by atoms with van der Waals surface area (Å²) in [4.78, 5) is 41.5. The van der Waals surface area contributed by atoms with Gasteiger partial charge in [0.05, 0.1) is 24.3 Å². The van der Waals surface area contributed by atoms with Crippen molar-refractivity contribution >= 4 is 23.4 Å². The summed E-state index contributed by atoms with van der Waals surface area (Å²) in [5.74, 6) is -0.150. The molecule has 0 bridgehead atoms. The number of nitrogens with one attached hydrogen (secondary N) is 3. The summed E-state index contributed by atoms with van der Waals surface area (Å²) in [5, 5.41) is 9.02. The number of para-hydroxylation sites is 1. The Morgan fingerprint density at radius 1 is 0.774 bits per heavy atom. The monoisotopic (exact) mass is 427 g/mol. The molecule has 3 fully saturated rings. The van der Waals surface area contributed by atoms with Gasteiger partial charge in [0.25, 0.3) is 5.91 Å². The number of carbonyl (C=O) groups is 3. The van der Waals surface area contributed by atoms with Crippen molar-refractivity contribution in [3.05, 3.63) is 29.8 Å². The SMILES string of the molecule is O=C(CN1CCN(CC(=O)NC2CC2)CC1)Nc1ccccc1C(=O)NC1CCCC1. The Kier molecular flexibility index (Phi) is 7.19. The summed E-state index contributed by atoms with van der Waals surface area (Å²) in [6, 6.07) is 7.80. The van der Waals surface area contributed by atoms with E-state index < -0.39 is 0 Å². The average Bonchev–Trinajstić information content (AvgIpc) is 3.41. The first-order chi connectivity index (χ1) is 15.1. The maximum Gasteiger partial charge on any atom is 0.253 e. The van der Waals surface area contributed by atoms with Gasteiger partial charge in [-0.15, -0.1) is 0 Å². The predicted octanol–water partition coefficient (Wildman–Crippen LogP) is 1.19. The van der Waals surface area contributed by atoms with Crippen LogP contribution in [-0.4, -0.2) is 78.9 Å². The zero-order valence-electron chi connectivity index (χ0n) is 18.1. The van der Waals surface area contributed by atoms with Gasteiger partial charge in [0.2, 0.25) is 11.8 Å². The van der Waals surface area contributed by atoms with Gasteiger partial charge in [0.15, 0.2) is 0 Å². The first-order valence-electron chi connectivity index (χ1n) is 11.5. The molecule has 0 aromatic heterocycles. The van der Waals surface area contributed by atoms with Crippen LogP contribution in [0.2, 0.25) is 0 Å². The number of nitrogens with zero attached hydrogens (tertiary/aromatic N) is 2. The van der Waals surface area contributed by atoms with Gasteiger partial charge in [-0.2, -0.15) is 0 Å². The normalized spacial score (nSPS) is 20.4. The van der Waals surface area contributed by atoms with Gasteiger partial charge in [0.1, 0.15) is 0 Å². The van der Waals surface area contributed by atoms with Crippen LogP contribution >= 0.6 is 0 Å². The second-order valence-electron chi connectivity index (χ2n) is 8.94. The van der Waals surface area contributed by atoms with Crippen LogP contribution in [0, 0.1) is 0 Å². The standard InChI is InChI=1S/C23H33N5O3/c29-21(24-18-9-10-18)15-27-11-13-28(14-12-27)16-22(30)26-20-8-4-3-7-19(20)23(31)25-17-5-1-2-6-17/h3-4,7-8,17-18H,1-2,5-6,9-16H2,(H,24,29)(H,25,31)(H,26,30). The lowest BCUT2D eigenvalue weighted by molar-refractivity contribution is -0.123. The minimum Gasteiger partial charge on any atom is -0.352 e. The smallest absolute Gasteiger partial charge is 0.253 e. The molecule has 3 N–H and O–H groups in total. The van der Waals surface area contributed by atoms with Crippen LogP contribution in [-0.2, 0) is 9.59 Å². The van der Waals surface area contributed by atoms with Crippen molar-refractivity contribution in [2.45, 2.75) is 50.6 Å². The molecule has 1 aromatic carbocycles. The molecule has 168 valence electrons. The summed E-state index contributed by atoms with van der Waals surface area (Å²) < 4.78 is 0. The first kappa shape index (κ1) is 21.8. The molecular weight excluding hydrogens is 394 g/mol. The van der Waals surface area contributed by atoms with E-state index in [4.69, 9.17) is 0 Å². The lowest BCUT2D eigenvalue weighted by Gasteiger charge is -2.33. The van der Waals surface area contributed by atoms with E-state index in [1.54, 1.807) is 12.1 Å². The molecule has 3 amide bonds. The summed E-state index contributed by atoms with van der Waals surface area (Å²) in [6.45, 7) is 3.74. The van der Waals surface area contributed by atoms with Crippen LogP contribution in [0.15, 0.2) is 24.3 Å². The molecule has 3 aliphatic rings. The fourth-order valence-electron chi connectivity index (χ4n) is 4.33. The van der Waals surface area contributed by atoms with Crippen LogP contribution in [0.4, 0.5) is 5.69 Å². The van der Waals surface area contributed by atoms with E-state index in [1.165, 1.54) is 0 Å². The summed E-state index contributed by atoms with van der Waals surface area (Å²) in [7, 11) is 0. The molecule has 31 heavy (non-hydrogen) atoms. The van der Waals surface area contributed by atoms with Crippen molar-refractivity contribution in [2.75, 3.05) is 44.6 Å². The molecule has 1 aromatic rings. The lowest BCUT2D eigenvalue weighted by atomic mass is 10.1. The van der Waals surface area contributed by atoms with Crippen molar-refractivity contribution in [3.8, 4) is 0 Å². The Hall–Kier alpha value is -2.45. The number of anilines is 1. The van der Waals surface area contributed by atoms with Gasteiger partial charge in [-0.25, -0.2) is 0 Å². The van der Waals surface area contributed by atoms with Gasteiger partial charge in [-0.3, -0.25) is 24.2 Å². The molecule has 0 radical (unpaired) electrons. The largest absolute Gasteiger partial charge is 0.352 e. The van der Waals surface area contributed by atoms with Crippen molar-refractivity contribution in [3.63, 3.8) is 0 Å². The Morgan fingerprint density at radius 3 is 2.00 bits per heavy atom. The Morgan fingerprint density at radius 2 is 1.35 bits per heavy atom. The van der Waals surface area contributed by atoms with Gasteiger partial charge in [-0.05, 0) is 37.8 Å². The molecule has 8 heteroatoms. The molecule has 2 saturated carbocycles. The van der Waals surface area contributed by atoms with E-state index in [0.717, 1.165) is 64.7 Å². The number of benzene rings is 1. The third-order valence-corrected chi connectivity index (χ3v) is 6.28. The molecule has 1 heterocycles. The third kappa shape index (κ3) is 6.51. The molecular formula is C23H33N5O3. The highest BCUT2D eigenvalue weighted by Gasteiger charge is 2.26. The van der Waals surface area contributed by atoms with Crippen molar-refractivity contribution in [1.82, 2.24) is 20.4 Å². The molecule has 0 atom stereocenters. The minimum atomic E-state index is -0.124. The minimum absolute atomic E-state index is 0.0983. The molecule has 4 rings (SSSR count). The van der Waals surface area contributed by atoms with E-state index in [1.807, 2.05) is 12.1 Å². The first-order valence-corrected chi connectivity index (χ1v) is 11.5. The Balaban J connectivity index is 1.23. The Bertz CT molecular complexity index is 796. The molecule has 2 aliphatic carbocycles. The van der Waals surface area contributed by atoms with Crippen molar-refractivity contribution in [1.29, 1.82) is 0 Å². The summed E-state index contributed by atoms with van der Waals surface area (Å²) in [5.41, 5.74) is 1.06. The zero-order chi connectivity index (χ0) is 21.6. The average molecular weight is 428 g/mol. The molecule has 0 spiro atoms. The van der Waals surface area contributed by atoms with Gasteiger partial charge in [0, 0.05) is 38.3 Å². The number of rotatable bonds is 8. The fraction of sp³-hybridized carbons (Fsp3) is 0.609. The van der Waals surface area contributed by atoms with Crippen LogP contribution in [0.5, 0.6) is 0 Å². The van der Waals surface area contributed by atoms with Crippen LogP contribution in [0.1, 0.15) is 48.9 Å². The second kappa shape index (κ2) is 10.2. The predicted molar refractivity (Wildman–Crippen MR) is 119 cm³/mol. The van der Waals surface area contributed by atoms with Crippen LogP contribution < -0.4 is 16.0 Å². The maximum absolute atomic E-state index is 12.7. The number of carbonyl (C=O) groups excluding carboxylic acids is 3. The third-order valence-electron chi connectivity index (χ3n) is 6.28. The molecule has 0 unspecified atom stereocenters. The van der Waals surface area contributed by atoms with Crippen molar-refractivity contribution in [2.24, 2.45) is 0 Å². The van der Waals surface area contributed by atoms with E-state index in [-0.39, 0.29) is 30.3 Å². The van der Waals surface area contributed by atoms with Gasteiger partial charge < -0.3 is 16.0 Å². The zero-order valence-corrected chi connectivity index (χ0v) is 18.1. The highest BCUT2D eigenvalue weighted by Crippen LogP contribution is 2.20. The fourth-order valence-corrected chi connectivity index (χ4v) is 4.33. The Labute approximate surface area is 183 Å². The number of hydrogen-bond donors (Lipinski definition) is 3. The molecule has 1 saturated heterocycles. The van der Waals surface area contributed by atoms with Crippen LogP contribution in [0.25, 0.3) is 0 Å². The lowest BCUT2D eigenvalue weighted by Crippen LogP contribution is -2.51. The maximum atomic E-state index is 12.7. The van der Waals surface area contributed by atoms with E-state index in [2.05, 4.69) is 25.8 Å². The van der Waals surface area contributed by atoms with Gasteiger partial charge in [-0.1, -0.05) is 25.0 Å². The summed E-state index contributed by atoms with van der Waals surface area (Å²) >= 11 is 0. The number of piperazine rings is 1. The highest BCUT2D eigenvalue weighted by molar-refractivity contribution is 6.04. The molecule has 1 aliphatic heterocycles. The van der Waals surface area contributed by atoms with Crippen LogP contribution in [0.3, 0.4) is 0 Å². The van der Waals surface area contributed by atoms with E-state index in [0.29, 0.717) is 23.8 Å². The molecule has 8 nitrogen and oxygen atoms in total. The highest BCUT2D eigenvalue weighted by atomic mass is 16.2. The second-order valence-corrected chi connectivity index (χ2v) is 8.94. The number of hydrogen-bond acceptors (Lipinski definition) is 5. The van der Waals surface area contributed by atoms with Gasteiger partial charge >= 0.3 is 0 Å². The van der Waals surface area contributed by atoms with E-state index in [9.17, 15) is 14.4 Å². The quantitative estimate of drug-likeness (QED) is 0.580. The van der Waals surface area contributed by atoms with E-state index >= 15 is 0 Å².